The Labute approximate surface area is 228 Å². The maximum atomic E-state index is 13.1. The lowest BCUT2D eigenvalue weighted by molar-refractivity contribution is -0.120. The number of fused-ring (bicyclic) bond motifs is 1. The summed E-state index contributed by atoms with van der Waals surface area (Å²) in [7, 11) is 1.24. The van der Waals surface area contributed by atoms with Crippen molar-refractivity contribution in [2.75, 3.05) is 35.9 Å². The van der Waals surface area contributed by atoms with E-state index in [1.165, 1.54) is 31.4 Å². The average molecular weight is 548 g/mol. The molecule has 0 saturated carbocycles. The Morgan fingerprint density at radius 1 is 0.923 bits per heavy atom. The molecule has 0 spiro atoms. The number of carbonyl (C=O) groups excluding carboxylic acids is 4. The third-order valence-corrected chi connectivity index (χ3v) is 6.32. The number of halogens is 1. The molecular weight excluding hydrogens is 526 g/mol. The molecule has 3 amide bonds. The van der Waals surface area contributed by atoms with Gasteiger partial charge in [0.05, 0.1) is 24.8 Å². The molecule has 5 rings (SSSR count). The molecule has 3 aromatic carbocycles. The van der Waals surface area contributed by atoms with Crippen LogP contribution < -0.4 is 25.0 Å². The first-order valence-electron chi connectivity index (χ1n) is 11.9. The number of nitrogens with one attached hydrogen (secondary N) is 2. The second-order valence-corrected chi connectivity index (χ2v) is 8.96. The van der Waals surface area contributed by atoms with Crippen molar-refractivity contribution < 1.29 is 33.4 Å². The van der Waals surface area contributed by atoms with Crippen LogP contribution in [0.4, 0.5) is 17.1 Å². The summed E-state index contributed by atoms with van der Waals surface area (Å²) in [5.41, 5.74) is 2.07. The van der Waals surface area contributed by atoms with Crippen LogP contribution >= 0.6 is 11.6 Å². The minimum atomic E-state index is -0.724. The number of esters is 1. The molecule has 0 radical (unpaired) electrons. The van der Waals surface area contributed by atoms with E-state index in [-0.39, 0.29) is 34.3 Å². The number of anilines is 3. The Kier molecular flexibility index (Phi) is 7.20. The number of imide groups is 1. The second kappa shape index (κ2) is 10.9. The van der Waals surface area contributed by atoms with Gasteiger partial charge in [-0.25, -0.2) is 9.69 Å². The molecule has 0 fully saturated rings. The van der Waals surface area contributed by atoms with Crippen LogP contribution in [0.15, 0.2) is 77.5 Å². The second-order valence-electron chi connectivity index (χ2n) is 8.58. The van der Waals surface area contributed by atoms with Gasteiger partial charge in [-0.1, -0.05) is 29.8 Å². The Bertz CT molecular complexity index is 1520. The van der Waals surface area contributed by atoms with Gasteiger partial charge in [0.2, 0.25) is 5.91 Å². The number of rotatable bonds is 7. The number of hydrogen-bond donors (Lipinski definition) is 2. The van der Waals surface area contributed by atoms with E-state index in [1.807, 2.05) is 0 Å². The first-order chi connectivity index (χ1) is 18.8. The van der Waals surface area contributed by atoms with Crippen LogP contribution in [0.5, 0.6) is 11.5 Å². The average Bonchev–Trinajstić information content (AvgIpc) is 3.16. The molecule has 39 heavy (non-hydrogen) atoms. The van der Waals surface area contributed by atoms with E-state index in [0.29, 0.717) is 36.1 Å². The molecule has 2 aliphatic heterocycles. The molecule has 0 unspecified atom stereocenters. The van der Waals surface area contributed by atoms with Crippen molar-refractivity contribution in [2.24, 2.45) is 0 Å². The molecule has 0 saturated heterocycles. The van der Waals surface area contributed by atoms with E-state index >= 15 is 0 Å². The summed E-state index contributed by atoms with van der Waals surface area (Å²) in [5.74, 6) is -1.00. The number of carbonyl (C=O) groups is 4. The molecule has 2 aliphatic rings. The highest BCUT2D eigenvalue weighted by atomic mass is 35.5. The van der Waals surface area contributed by atoms with Crippen molar-refractivity contribution in [1.29, 1.82) is 0 Å². The fourth-order valence-electron chi connectivity index (χ4n) is 4.10. The first-order valence-corrected chi connectivity index (χ1v) is 12.2. The van der Waals surface area contributed by atoms with E-state index in [9.17, 15) is 19.2 Å². The zero-order chi connectivity index (χ0) is 27.5. The van der Waals surface area contributed by atoms with Gasteiger partial charge in [-0.15, -0.1) is 0 Å². The van der Waals surface area contributed by atoms with Crippen molar-refractivity contribution in [3.63, 3.8) is 0 Å². The summed E-state index contributed by atoms with van der Waals surface area (Å²) in [6.07, 6.45) is 0.111. The summed E-state index contributed by atoms with van der Waals surface area (Å²) in [6, 6.07) is 17.9. The standard InChI is InChI=1S/C28H22ClN3O7/c1-37-28(36)17-3-2-4-20(14-17)32-26(34)24(29)25(27(32)35)31-18-7-5-16(6-8-18)13-23(33)30-19-9-10-21-22(15-19)39-12-11-38-21/h2-10,14-15,31H,11-13H2,1H3,(H,30,33). The molecule has 2 N–H and O–H groups in total. The smallest absolute Gasteiger partial charge is 0.337 e. The predicted molar refractivity (Wildman–Crippen MR) is 143 cm³/mol. The summed E-state index contributed by atoms with van der Waals surface area (Å²) < 4.78 is 15.7. The number of hydrogen-bond acceptors (Lipinski definition) is 8. The van der Waals surface area contributed by atoms with Gasteiger partial charge in [-0.05, 0) is 48.0 Å². The van der Waals surface area contributed by atoms with Crippen molar-refractivity contribution in [2.45, 2.75) is 6.42 Å². The van der Waals surface area contributed by atoms with Gasteiger partial charge in [-0.2, -0.15) is 0 Å². The van der Waals surface area contributed by atoms with Gasteiger partial charge >= 0.3 is 5.97 Å². The summed E-state index contributed by atoms with van der Waals surface area (Å²) in [5, 5.41) is 5.43. The summed E-state index contributed by atoms with van der Waals surface area (Å²) >= 11 is 6.21. The minimum absolute atomic E-state index is 0.103. The highest BCUT2D eigenvalue weighted by Crippen LogP contribution is 2.33. The molecule has 3 aromatic rings. The summed E-state index contributed by atoms with van der Waals surface area (Å²) in [4.78, 5) is 51.1. The molecule has 0 aromatic heterocycles. The maximum absolute atomic E-state index is 13.1. The topological polar surface area (TPSA) is 123 Å². The van der Waals surface area contributed by atoms with Gasteiger partial charge in [0.1, 0.15) is 23.9 Å². The van der Waals surface area contributed by atoms with E-state index < -0.39 is 17.8 Å². The minimum Gasteiger partial charge on any atom is -0.486 e. The fourth-order valence-corrected chi connectivity index (χ4v) is 4.31. The number of benzene rings is 3. The van der Waals surface area contributed by atoms with E-state index in [0.717, 1.165) is 10.5 Å². The normalized spacial score (nSPS) is 14.4. The van der Waals surface area contributed by atoms with Gasteiger partial charge in [0.15, 0.2) is 11.5 Å². The van der Waals surface area contributed by atoms with Gasteiger partial charge in [0, 0.05) is 17.4 Å². The Morgan fingerprint density at radius 3 is 2.38 bits per heavy atom. The molecule has 198 valence electrons. The van der Waals surface area contributed by atoms with Crippen molar-refractivity contribution >= 4 is 52.4 Å². The first kappa shape index (κ1) is 25.8. The largest absolute Gasteiger partial charge is 0.486 e. The molecular formula is C28H22ClN3O7. The lowest BCUT2D eigenvalue weighted by Crippen LogP contribution is -2.32. The van der Waals surface area contributed by atoms with Crippen molar-refractivity contribution in [3.05, 3.63) is 88.6 Å². The van der Waals surface area contributed by atoms with Crippen molar-refractivity contribution in [3.8, 4) is 11.5 Å². The molecule has 0 bridgehead atoms. The lowest BCUT2D eigenvalue weighted by Gasteiger charge is -2.19. The van der Waals surface area contributed by atoms with Gasteiger partial charge < -0.3 is 24.8 Å². The van der Waals surface area contributed by atoms with Crippen LogP contribution in [0.3, 0.4) is 0 Å². The predicted octanol–water partition coefficient (Wildman–Crippen LogP) is 3.86. The zero-order valence-electron chi connectivity index (χ0n) is 20.7. The Balaban J connectivity index is 1.23. The van der Waals surface area contributed by atoms with Gasteiger partial charge in [-0.3, -0.25) is 14.4 Å². The molecule has 2 heterocycles. The fraction of sp³-hybridized carbons (Fsp3) is 0.143. The molecule has 0 aliphatic carbocycles. The molecule has 0 atom stereocenters. The monoisotopic (exact) mass is 547 g/mol. The van der Waals surface area contributed by atoms with Crippen LogP contribution in [-0.2, 0) is 25.5 Å². The number of ether oxygens (including phenoxy) is 3. The van der Waals surface area contributed by atoms with E-state index in [1.54, 1.807) is 42.5 Å². The number of amides is 3. The lowest BCUT2D eigenvalue weighted by atomic mass is 10.1. The van der Waals surface area contributed by atoms with Crippen LogP contribution in [-0.4, -0.2) is 44.0 Å². The Morgan fingerprint density at radius 2 is 1.64 bits per heavy atom. The molecule has 11 heteroatoms. The quantitative estimate of drug-likeness (QED) is 0.338. The number of methoxy groups -OCH3 is 1. The highest BCUT2D eigenvalue weighted by molar-refractivity contribution is 6.53. The third-order valence-electron chi connectivity index (χ3n) is 5.97. The van der Waals surface area contributed by atoms with Crippen LogP contribution in [0.2, 0.25) is 0 Å². The van der Waals surface area contributed by atoms with Crippen LogP contribution in [0, 0.1) is 0 Å². The zero-order valence-corrected chi connectivity index (χ0v) is 21.4. The maximum Gasteiger partial charge on any atom is 0.337 e. The van der Waals surface area contributed by atoms with Gasteiger partial charge in [0.25, 0.3) is 11.8 Å². The Hall–Kier alpha value is -4.83. The van der Waals surface area contributed by atoms with Crippen LogP contribution in [0.25, 0.3) is 0 Å². The third kappa shape index (κ3) is 5.41. The van der Waals surface area contributed by atoms with E-state index in [4.69, 9.17) is 25.8 Å². The van der Waals surface area contributed by atoms with Crippen LogP contribution in [0.1, 0.15) is 15.9 Å². The highest BCUT2D eigenvalue weighted by Gasteiger charge is 2.39. The number of nitrogens with zero attached hydrogens (tertiary/aromatic N) is 1. The van der Waals surface area contributed by atoms with Crippen molar-refractivity contribution in [1.82, 2.24) is 0 Å². The molecule has 10 nitrogen and oxygen atoms in total. The SMILES string of the molecule is COC(=O)c1cccc(N2C(=O)C(Cl)=C(Nc3ccc(CC(=O)Nc4ccc5c(c4)OCCO5)cc3)C2=O)c1. The van der Waals surface area contributed by atoms with E-state index in [2.05, 4.69) is 10.6 Å². The summed E-state index contributed by atoms with van der Waals surface area (Å²) in [6.45, 7) is 0.938.